The van der Waals surface area contributed by atoms with Crippen LogP contribution in [0.5, 0.6) is 0 Å². The fraction of sp³-hybridized carbons (Fsp3) is 0.818. The SMILES string of the molecule is CCCCC(C)C/C=C/[C@H]1[C@H](O)CC(=O)[C@@H]1CC(O)CCCCC(=O)OC. The molecule has 5 atom stereocenters. The predicted molar refractivity (Wildman–Crippen MR) is 106 cm³/mol. The summed E-state index contributed by atoms with van der Waals surface area (Å²) in [6.07, 6.45) is 10.3. The lowest BCUT2D eigenvalue weighted by atomic mass is 9.87. The topological polar surface area (TPSA) is 83.8 Å². The summed E-state index contributed by atoms with van der Waals surface area (Å²) in [5.41, 5.74) is 0. The van der Waals surface area contributed by atoms with Gasteiger partial charge in [0.1, 0.15) is 5.78 Å². The number of Topliss-reactive ketones (excluding diaryl/α,β-unsaturated/α-hetero) is 1. The number of ether oxygens (including phenoxy) is 1. The highest BCUT2D eigenvalue weighted by molar-refractivity contribution is 5.84. The van der Waals surface area contributed by atoms with Crippen LogP contribution in [0, 0.1) is 17.8 Å². The number of esters is 1. The highest BCUT2D eigenvalue weighted by atomic mass is 16.5. The van der Waals surface area contributed by atoms with Crippen LogP contribution in [-0.4, -0.2) is 41.3 Å². The van der Waals surface area contributed by atoms with Gasteiger partial charge in [-0.15, -0.1) is 0 Å². The summed E-state index contributed by atoms with van der Waals surface area (Å²) >= 11 is 0. The zero-order valence-corrected chi connectivity index (χ0v) is 17.2. The van der Waals surface area contributed by atoms with E-state index in [0.717, 1.165) is 12.8 Å². The number of allylic oxidation sites excluding steroid dienone is 1. The molecule has 0 aromatic rings. The fourth-order valence-electron chi connectivity index (χ4n) is 3.83. The Kier molecular flexibility index (Phi) is 11.5. The smallest absolute Gasteiger partial charge is 0.305 e. The van der Waals surface area contributed by atoms with Crippen LogP contribution in [0.4, 0.5) is 0 Å². The van der Waals surface area contributed by atoms with Crippen molar-refractivity contribution in [3.8, 4) is 0 Å². The van der Waals surface area contributed by atoms with Crippen molar-refractivity contribution in [2.75, 3.05) is 7.11 Å². The summed E-state index contributed by atoms with van der Waals surface area (Å²) in [6, 6.07) is 0. The molecule has 1 aliphatic carbocycles. The monoisotopic (exact) mass is 382 g/mol. The first-order valence-corrected chi connectivity index (χ1v) is 10.5. The molecular weight excluding hydrogens is 344 g/mol. The summed E-state index contributed by atoms with van der Waals surface area (Å²) < 4.78 is 4.60. The number of aliphatic hydroxyl groups excluding tert-OH is 2. The van der Waals surface area contributed by atoms with Gasteiger partial charge in [0, 0.05) is 24.7 Å². The number of ketones is 1. The Labute approximate surface area is 164 Å². The van der Waals surface area contributed by atoms with E-state index >= 15 is 0 Å². The number of carbonyl (C=O) groups is 2. The van der Waals surface area contributed by atoms with Crippen molar-refractivity contribution in [1.82, 2.24) is 0 Å². The average Bonchev–Trinajstić information content (AvgIpc) is 2.90. The first-order chi connectivity index (χ1) is 12.9. The number of methoxy groups -OCH3 is 1. The van der Waals surface area contributed by atoms with Crippen molar-refractivity contribution in [2.45, 2.75) is 90.3 Å². The van der Waals surface area contributed by atoms with E-state index in [1.165, 1.54) is 26.4 Å². The molecule has 0 radical (unpaired) electrons. The molecule has 1 fully saturated rings. The van der Waals surface area contributed by atoms with Gasteiger partial charge >= 0.3 is 5.97 Å². The van der Waals surface area contributed by atoms with Crippen LogP contribution < -0.4 is 0 Å². The Hall–Kier alpha value is -1.20. The average molecular weight is 383 g/mol. The van der Waals surface area contributed by atoms with Crippen LogP contribution in [-0.2, 0) is 14.3 Å². The molecule has 2 unspecified atom stereocenters. The molecule has 1 rings (SSSR count). The van der Waals surface area contributed by atoms with Crippen molar-refractivity contribution in [3.05, 3.63) is 12.2 Å². The van der Waals surface area contributed by atoms with Gasteiger partial charge in [-0.3, -0.25) is 9.59 Å². The van der Waals surface area contributed by atoms with E-state index < -0.39 is 12.2 Å². The largest absolute Gasteiger partial charge is 0.469 e. The van der Waals surface area contributed by atoms with E-state index in [-0.39, 0.29) is 30.0 Å². The molecule has 156 valence electrons. The Balaban J connectivity index is 2.45. The third-order valence-corrected chi connectivity index (χ3v) is 5.60. The fourth-order valence-corrected chi connectivity index (χ4v) is 3.83. The zero-order valence-electron chi connectivity index (χ0n) is 17.2. The van der Waals surface area contributed by atoms with Crippen LogP contribution in [0.2, 0.25) is 0 Å². The second-order valence-electron chi connectivity index (χ2n) is 8.04. The lowest BCUT2D eigenvalue weighted by molar-refractivity contribution is -0.140. The molecule has 0 aromatic carbocycles. The maximum Gasteiger partial charge on any atom is 0.305 e. The molecule has 0 aliphatic heterocycles. The quantitative estimate of drug-likeness (QED) is 0.287. The highest BCUT2D eigenvalue weighted by Gasteiger charge is 2.40. The van der Waals surface area contributed by atoms with Crippen LogP contribution in [0.1, 0.15) is 78.1 Å². The van der Waals surface area contributed by atoms with E-state index in [1.807, 2.05) is 6.08 Å². The molecule has 0 bridgehead atoms. The van der Waals surface area contributed by atoms with Crippen LogP contribution >= 0.6 is 0 Å². The third kappa shape index (κ3) is 9.02. The van der Waals surface area contributed by atoms with Crippen molar-refractivity contribution in [3.63, 3.8) is 0 Å². The van der Waals surface area contributed by atoms with Gasteiger partial charge in [-0.25, -0.2) is 0 Å². The molecule has 5 heteroatoms. The van der Waals surface area contributed by atoms with Gasteiger partial charge in [-0.1, -0.05) is 51.7 Å². The minimum absolute atomic E-state index is 0.0461. The van der Waals surface area contributed by atoms with E-state index in [1.54, 1.807) is 0 Å². The molecular formula is C22H38O5. The minimum Gasteiger partial charge on any atom is -0.469 e. The van der Waals surface area contributed by atoms with Crippen molar-refractivity contribution < 1.29 is 24.5 Å². The molecule has 2 N–H and O–H groups in total. The van der Waals surface area contributed by atoms with Crippen LogP contribution in [0.15, 0.2) is 12.2 Å². The second-order valence-corrected chi connectivity index (χ2v) is 8.04. The normalized spacial score (nSPS) is 25.1. The number of unbranched alkanes of at least 4 members (excludes halogenated alkanes) is 2. The van der Waals surface area contributed by atoms with Gasteiger partial charge in [0.05, 0.1) is 19.3 Å². The molecule has 1 saturated carbocycles. The molecule has 0 spiro atoms. The third-order valence-electron chi connectivity index (χ3n) is 5.60. The summed E-state index contributed by atoms with van der Waals surface area (Å²) in [6.45, 7) is 4.42. The van der Waals surface area contributed by atoms with Crippen LogP contribution in [0.25, 0.3) is 0 Å². The number of hydrogen-bond acceptors (Lipinski definition) is 5. The minimum atomic E-state index is -0.642. The maximum absolute atomic E-state index is 12.3. The predicted octanol–water partition coefficient (Wildman–Crippen LogP) is 3.81. The number of hydrogen-bond donors (Lipinski definition) is 2. The highest BCUT2D eigenvalue weighted by Crippen LogP contribution is 2.34. The lowest BCUT2D eigenvalue weighted by Crippen LogP contribution is -2.23. The molecule has 5 nitrogen and oxygen atoms in total. The molecule has 0 aromatic heterocycles. The summed E-state index contributed by atoms with van der Waals surface area (Å²) in [7, 11) is 1.37. The van der Waals surface area contributed by atoms with Gasteiger partial charge in [0.15, 0.2) is 0 Å². The number of rotatable bonds is 13. The molecule has 27 heavy (non-hydrogen) atoms. The summed E-state index contributed by atoms with van der Waals surface area (Å²) in [4.78, 5) is 23.4. The second kappa shape index (κ2) is 13.1. The molecule has 0 amide bonds. The van der Waals surface area contributed by atoms with Gasteiger partial charge in [-0.05, 0) is 31.6 Å². The summed E-state index contributed by atoms with van der Waals surface area (Å²) in [5, 5.41) is 20.5. The van der Waals surface area contributed by atoms with Gasteiger partial charge in [0.2, 0.25) is 0 Å². The van der Waals surface area contributed by atoms with E-state index in [2.05, 4.69) is 24.7 Å². The number of carbonyl (C=O) groups excluding carboxylic acids is 2. The van der Waals surface area contributed by atoms with E-state index in [0.29, 0.717) is 31.6 Å². The molecule has 1 aliphatic rings. The Morgan fingerprint density at radius 1 is 1.30 bits per heavy atom. The Morgan fingerprint density at radius 3 is 2.70 bits per heavy atom. The lowest BCUT2D eigenvalue weighted by Gasteiger charge is -2.20. The molecule has 0 saturated heterocycles. The van der Waals surface area contributed by atoms with Gasteiger partial charge < -0.3 is 14.9 Å². The van der Waals surface area contributed by atoms with Crippen molar-refractivity contribution in [1.29, 1.82) is 0 Å². The standard InChI is InChI=1S/C22H38O5/c1-4-5-9-16(2)10-8-12-18-19(21(25)15-20(18)24)14-17(23)11-6-7-13-22(26)27-3/h8,12,16-20,23-24H,4-7,9-11,13-15H2,1-3H3/b12-8+/t16?,17?,18-,19-,20-/m1/s1. The van der Waals surface area contributed by atoms with E-state index in [9.17, 15) is 19.8 Å². The summed E-state index contributed by atoms with van der Waals surface area (Å²) in [5.74, 6) is -0.0885. The van der Waals surface area contributed by atoms with E-state index in [4.69, 9.17) is 0 Å². The van der Waals surface area contributed by atoms with Crippen molar-refractivity contribution in [2.24, 2.45) is 17.8 Å². The number of aliphatic hydroxyl groups is 2. The van der Waals surface area contributed by atoms with Gasteiger partial charge in [0.25, 0.3) is 0 Å². The first-order valence-electron chi connectivity index (χ1n) is 10.5. The Morgan fingerprint density at radius 2 is 2.04 bits per heavy atom. The van der Waals surface area contributed by atoms with Crippen LogP contribution in [0.3, 0.4) is 0 Å². The van der Waals surface area contributed by atoms with Gasteiger partial charge in [-0.2, -0.15) is 0 Å². The zero-order chi connectivity index (χ0) is 20.2. The maximum atomic E-state index is 12.3. The van der Waals surface area contributed by atoms with Crippen molar-refractivity contribution >= 4 is 11.8 Å². The Bertz CT molecular complexity index is 473. The molecule has 0 heterocycles. The first kappa shape index (κ1) is 23.8.